The molecule has 3 rings (SSSR count). The Labute approximate surface area is 120 Å². The van der Waals surface area contributed by atoms with Crippen LogP contribution in [0.1, 0.15) is 27.7 Å². The first-order chi connectivity index (χ1) is 9.32. The molecule has 0 bridgehead atoms. The van der Waals surface area contributed by atoms with Crippen LogP contribution in [0.5, 0.6) is 0 Å². The minimum absolute atomic E-state index is 0.360. The van der Waals surface area contributed by atoms with E-state index in [0.717, 1.165) is 16.2 Å². The summed E-state index contributed by atoms with van der Waals surface area (Å²) in [6, 6.07) is 12.1. The van der Waals surface area contributed by atoms with Gasteiger partial charge < -0.3 is 15.0 Å². The number of nitrogen functional groups attached to an aromatic ring is 1. The Morgan fingerprint density at radius 3 is 2.15 bits per heavy atom. The number of anilines is 1. The van der Waals surface area contributed by atoms with Gasteiger partial charge in [-0.2, -0.15) is 0 Å². The predicted molar refractivity (Wildman–Crippen MR) is 84.1 cm³/mol. The first kappa shape index (κ1) is 13.5. The molecule has 2 N–H and O–H groups in total. The first-order valence-corrected chi connectivity index (χ1v) is 6.95. The highest BCUT2D eigenvalue weighted by Crippen LogP contribution is 2.37. The highest BCUT2D eigenvalue weighted by molar-refractivity contribution is 6.67. The van der Waals surface area contributed by atoms with Crippen LogP contribution in [-0.4, -0.2) is 18.3 Å². The van der Waals surface area contributed by atoms with E-state index >= 15 is 0 Å². The van der Waals surface area contributed by atoms with Gasteiger partial charge in [0.05, 0.1) is 11.2 Å². The molecule has 0 atom stereocenters. The molecule has 104 valence electrons. The normalized spacial score (nSPS) is 20.5. The van der Waals surface area contributed by atoms with E-state index in [0.29, 0.717) is 5.69 Å². The Hall–Kier alpha value is -1.52. The van der Waals surface area contributed by atoms with E-state index in [4.69, 9.17) is 15.0 Å². The summed E-state index contributed by atoms with van der Waals surface area (Å²) in [7, 11) is -0.425. The molecule has 1 aliphatic heterocycles. The smallest absolute Gasteiger partial charge is 0.399 e. The lowest BCUT2D eigenvalue weighted by Gasteiger charge is -2.32. The lowest BCUT2D eigenvalue weighted by atomic mass is 9.75. The maximum absolute atomic E-state index is 6.18. The Kier molecular flexibility index (Phi) is 2.85. The molecule has 1 aliphatic rings. The molecule has 0 saturated carbocycles. The van der Waals surface area contributed by atoms with Gasteiger partial charge in [0, 0.05) is 11.2 Å². The second-order valence-electron chi connectivity index (χ2n) is 6.38. The van der Waals surface area contributed by atoms with Crippen LogP contribution >= 0.6 is 0 Å². The van der Waals surface area contributed by atoms with E-state index in [1.807, 2.05) is 52.0 Å². The van der Waals surface area contributed by atoms with Crippen molar-refractivity contribution in [3.63, 3.8) is 0 Å². The van der Waals surface area contributed by atoms with Gasteiger partial charge in [0.2, 0.25) is 0 Å². The minimum atomic E-state index is -0.425. The molecule has 0 aromatic heterocycles. The van der Waals surface area contributed by atoms with Crippen molar-refractivity contribution in [2.45, 2.75) is 38.9 Å². The topological polar surface area (TPSA) is 44.5 Å². The Morgan fingerprint density at radius 1 is 0.900 bits per heavy atom. The van der Waals surface area contributed by atoms with Crippen LogP contribution in [0.4, 0.5) is 5.69 Å². The summed E-state index contributed by atoms with van der Waals surface area (Å²) in [5.74, 6) is 0. The maximum Gasteiger partial charge on any atom is 0.497 e. The Morgan fingerprint density at radius 2 is 1.50 bits per heavy atom. The maximum atomic E-state index is 6.18. The molecule has 0 spiro atoms. The summed E-state index contributed by atoms with van der Waals surface area (Å²) in [5, 5.41) is 2.23. The van der Waals surface area contributed by atoms with Crippen molar-refractivity contribution in [2.24, 2.45) is 0 Å². The van der Waals surface area contributed by atoms with Crippen LogP contribution in [0.15, 0.2) is 36.4 Å². The highest BCUT2D eigenvalue weighted by Gasteiger charge is 2.52. The van der Waals surface area contributed by atoms with Crippen LogP contribution in [0.25, 0.3) is 10.8 Å². The molecule has 1 fully saturated rings. The van der Waals surface area contributed by atoms with Crippen molar-refractivity contribution in [1.29, 1.82) is 0 Å². The number of rotatable bonds is 1. The molecule has 3 nitrogen and oxygen atoms in total. The number of fused-ring (bicyclic) bond motifs is 1. The predicted octanol–water partition coefficient (Wildman–Crippen LogP) is 2.72. The van der Waals surface area contributed by atoms with Crippen molar-refractivity contribution in [3.05, 3.63) is 36.4 Å². The molecule has 0 unspecified atom stereocenters. The number of hydrogen-bond donors (Lipinski definition) is 1. The summed E-state index contributed by atoms with van der Waals surface area (Å²) < 4.78 is 12.3. The van der Waals surface area contributed by atoms with Gasteiger partial charge in [-0.05, 0) is 44.5 Å². The van der Waals surface area contributed by atoms with Gasteiger partial charge >= 0.3 is 7.12 Å². The highest BCUT2D eigenvalue weighted by atomic mass is 16.7. The number of hydrogen-bond acceptors (Lipinski definition) is 3. The molecule has 1 heterocycles. The molecular weight excluding hydrogens is 249 g/mol. The molecule has 4 heteroatoms. The third-order valence-electron chi connectivity index (χ3n) is 4.49. The quantitative estimate of drug-likeness (QED) is 0.639. The van der Waals surface area contributed by atoms with Crippen molar-refractivity contribution >= 4 is 29.0 Å². The lowest BCUT2D eigenvalue weighted by molar-refractivity contribution is 0.00578. The minimum Gasteiger partial charge on any atom is -0.399 e. The summed E-state index contributed by atoms with van der Waals surface area (Å²) in [5.41, 5.74) is 7.11. The van der Waals surface area contributed by atoms with E-state index in [9.17, 15) is 0 Å². The molecule has 2 aromatic carbocycles. The first-order valence-electron chi connectivity index (χ1n) is 6.95. The standard InChI is InChI=1S/C16H20BNO2/c1-15(2)16(3,4)20-17(19-15)14-12-8-6-5-7-11(12)9-10-13(14)18/h5-10H,18H2,1-4H3. The van der Waals surface area contributed by atoms with E-state index in [2.05, 4.69) is 12.1 Å². The molecule has 20 heavy (non-hydrogen) atoms. The SMILES string of the molecule is CC1(C)OB(c2c(N)ccc3ccccc23)OC1(C)C. The molecule has 0 radical (unpaired) electrons. The summed E-state index contributed by atoms with van der Waals surface area (Å²) in [4.78, 5) is 0. The Bertz CT molecular complexity index is 651. The average molecular weight is 269 g/mol. The molecule has 2 aromatic rings. The van der Waals surface area contributed by atoms with E-state index in [1.54, 1.807) is 0 Å². The van der Waals surface area contributed by atoms with Gasteiger partial charge in [-0.1, -0.05) is 30.3 Å². The van der Waals surface area contributed by atoms with E-state index in [-0.39, 0.29) is 11.2 Å². The van der Waals surface area contributed by atoms with Crippen LogP contribution < -0.4 is 11.2 Å². The largest absolute Gasteiger partial charge is 0.497 e. The van der Waals surface area contributed by atoms with Gasteiger partial charge in [0.25, 0.3) is 0 Å². The molecular formula is C16H20BNO2. The van der Waals surface area contributed by atoms with Gasteiger partial charge in [0.1, 0.15) is 0 Å². The van der Waals surface area contributed by atoms with Gasteiger partial charge in [0.15, 0.2) is 0 Å². The second kappa shape index (κ2) is 4.24. The van der Waals surface area contributed by atoms with Crippen LogP contribution in [0, 0.1) is 0 Å². The Balaban J connectivity index is 2.14. The zero-order chi connectivity index (χ0) is 14.5. The fourth-order valence-corrected chi connectivity index (χ4v) is 2.54. The monoisotopic (exact) mass is 269 g/mol. The van der Waals surface area contributed by atoms with E-state index in [1.165, 1.54) is 0 Å². The summed E-state index contributed by atoms with van der Waals surface area (Å²) in [6.07, 6.45) is 0. The zero-order valence-electron chi connectivity index (χ0n) is 12.4. The third kappa shape index (κ3) is 1.91. The van der Waals surface area contributed by atoms with Crippen molar-refractivity contribution in [1.82, 2.24) is 0 Å². The van der Waals surface area contributed by atoms with Crippen molar-refractivity contribution in [3.8, 4) is 0 Å². The lowest BCUT2D eigenvalue weighted by Crippen LogP contribution is -2.41. The molecule has 0 amide bonds. The van der Waals surface area contributed by atoms with Crippen LogP contribution in [-0.2, 0) is 9.31 Å². The van der Waals surface area contributed by atoms with Crippen molar-refractivity contribution < 1.29 is 9.31 Å². The van der Waals surface area contributed by atoms with E-state index < -0.39 is 7.12 Å². The fraction of sp³-hybridized carbons (Fsp3) is 0.375. The van der Waals surface area contributed by atoms with Crippen molar-refractivity contribution in [2.75, 3.05) is 5.73 Å². The van der Waals surface area contributed by atoms with Crippen LogP contribution in [0.2, 0.25) is 0 Å². The number of benzene rings is 2. The number of nitrogens with two attached hydrogens (primary N) is 1. The fourth-order valence-electron chi connectivity index (χ4n) is 2.54. The molecule has 1 saturated heterocycles. The van der Waals surface area contributed by atoms with Gasteiger partial charge in [-0.15, -0.1) is 0 Å². The van der Waals surface area contributed by atoms with Gasteiger partial charge in [-0.3, -0.25) is 0 Å². The van der Waals surface area contributed by atoms with Crippen LogP contribution in [0.3, 0.4) is 0 Å². The summed E-state index contributed by atoms with van der Waals surface area (Å²) >= 11 is 0. The van der Waals surface area contributed by atoms with Gasteiger partial charge in [-0.25, -0.2) is 0 Å². The average Bonchev–Trinajstić information content (AvgIpc) is 2.57. The second-order valence-corrected chi connectivity index (χ2v) is 6.38. The summed E-state index contributed by atoms with van der Waals surface area (Å²) in [6.45, 7) is 8.20. The molecule has 0 aliphatic carbocycles. The zero-order valence-corrected chi connectivity index (χ0v) is 12.4. The third-order valence-corrected chi connectivity index (χ3v) is 4.49.